The summed E-state index contributed by atoms with van der Waals surface area (Å²) in [5.74, 6) is -1.00. The number of amides is 3. The summed E-state index contributed by atoms with van der Waals surface area (Å²) in [5, 5.41) is 8.97. The smallest absolute Gasteiger partial charge is 0.246 e. The third-order valence-electron chi connectivity index (χ3n) is 8.58. The van der Waals surface area contributed by atoms with E-state index < -0.39 is 45.5 Å². The van der Waals surface area contributed by atoms with Crippen LogP contribution in [0.4, 0.5) is 0 Å². The average Bonchev–Trinajstić information content (AvgIpc) is 3.41. The molecule has 0 aromatic heterocycles. The standard InChI is InChI=1S/C26H47N5O5S/c1-16(18-11-9-8-10-12-18)28-24(33)19-15-31(37(7,35)36)20-13-14-30(21(19)20)25(34)22(26(3,4)5)29-23(32)17(2)27-6/h16-22,27H,8-15H2,1-7H3,(H,28,33)(H,29,32)/t16-,17?,19?,20?,21?,22?/m0/s1. The summed E-state index contributed by atoms with van der Waals surface area (Å²) in [6, 6.07) is -2.31. The molecule has 3 aliphatic rings. The molecule has 0 bridgehead atoms. The van der Waals surface area contributed by atoms with Crippen LogP contribution in [0.3, 0.4) is 0 Å². The normalized spacial score (nSPS) is 27.9. The molecule has 5 unspecified atom stereocenters. The molecule has 2 aliphatic heterocycles. The molecule has 0 radical (unpaired) electrons. The lowest BCUT2D eigenvalue weighted by Gasteiger charge is -2.37. The summed E-state index contributed by atoms with van der Waals surface area (Å²) in [7, 11) is -1.89. The average molecular weight is 542 g/mol. The molecular formula is C26H47N5O5S. The zero-order valence-electron chi connectivity index (χ0n) is 23.5. The minimum absolute atomic E-state index is 0.00580. The lowest BCUT2D eigenvalue weighted by Crippen LogP contribution is -2.59. The van der Waals surface area contributed by atoms with Crippen LogP contribution in [0.1, 0.15) is 73.1 Å². The Labute approximate surface area is 222 Å². The first-order chi connectivity index (χ1) is 17.2. The number of carbonyl (C=O) groups is 3. The fourth-order valence-electron chi connectivity index (χ4n) is 6.21. The number of fused-ring (bicyclic) bond motifs is 1. The van der Waals surface area contributed by atoms with Crippen LogP contribution in [-0.2, 0) is 24.4 Å². The number of hydrogen-bond acceptors (Lipinski definition) is 6. The third-order valence-corrected chi connectivity index (χ3v) is 9.85. The lowest BCUT2D eigenvalue weighted by molar-refractivity contribution is -0.142. The summed E-state index contributed by atoms with van der Waals surface area (Å²) < 4.78 is 26.7. The highest BCUT2D eigenvalue weighted by molar-refractivity contribution is 7.88. The van der Waals surface area contributed by atoms with Crippen molar-refractivity contribution in [2.75, 3.05) is 26.4 Å². The van der Waals surface area contributed by atoms with Gasteiger partial charge in [-0.05, 0) is 51.5 Å². The van der Waals surface area contributed by atoms with Gasteiger partial charge in [0, 0.05) is 25.2 Å². The molecule has 6 atom stereocenters. The first kappa shape index (κ1) is 29.8. The first-order valence-electron chi connectivity index (χ1n) is 13.7. The molecule has 3 fully saturated rings. The Kier molecular flexibility index (Phi) is 9.33. The van der Waals surface area contributed by atoms with Crippen molar-refractivity contribution in [3.8, 4) is 0 Å². The van der Waals surface area contributed by atoms with Crippen LogP contribution in [0, 0.1) is 17.3 Å². The van der Waals surface area contributed by atoms with Gasteiger partial charge in [-0.3, -0.25) is 14.4 Å². The van der Waals surface area contributed by atoms with E-state index in [0.29, 0.717) is 18.9 Å². The van der Waals surface area contributed by atoms with Crippen LogP contribution in [0.2, 0.25) is 0 Å². The van der Waals surface area contributed by atoms with Gasteiger partial charge in [-0.2, -0.15) is 4.31 Å². The number of sulfonamides is 1. The van der Waals surface area contributed by atoms with Gasteiger partial charge in [-0.15, -0.1) is 0 Å². The molecule has 0 spiro atoms. The number of nitrogens with one attached hydrogen (secondary N) is 3. The molecule has 2 saturated heterocycles. The van der Waals surface area contributed by atoms with Gasteiger partial charge in [0.1, 0.15) is 6.04 Å². The van der Waals surface area contributed by atoms with Gasteiger partial charge < -0.3 is 20.9 Å². The maximum absolute atomic E-state index is 14.0. The molecule has 0 aromatic carbocycles. The van der Waals surface area contributed by atoms with Crippen molar-refractivity contribution in [2.24, 2.45) is 17.3 Å². The molecule has 1 aliphatic carbocycles. The number of carbonyl (C=O) groups excluding carboxylic acids is 3. The van der Waals surface area contributed by atoms with E-state index in [1.807, 2.05) is 27.7 Å². The van der Waals surface area contributed by atoms with E-state index >= 15 is 0 Å². The van der Waals surface area contributed by atoms with Crippen LogP contribution in [0.15, 0.2) is 0 Å². The zero-order chi connectivity index (χ0) is 27.7. The minimum Gasteiger partial charge on any atom is -0.353 e. The number of likely N-dealkylation sites (tertiary alicyclic amines) is 1. The van der Waals surface area contributed by atoms with E-state index in [9.17, 15) is 22.8 Å². The third kappa shape index (κ3) is 6.65. The molecular weight excluding hydrogens is 494 g/mol. The number of nitrogens with zero attached hydrogens (tertiary/aromatic N) is 2. The van der Waals surface area contributed by atoms with E-state index in [4.69, 9.17) is 0 Å². The van der Waals surface area contributed by atoms with Gasteiger partial charge in [0.15, 0.2) is 0 Å². The molecule has 1 saturated carbocycles. The SMILES string of the molecule is CNC(C)C(=O)NC(C(=O)N1CCC2C1C(C(=O)N[C@@H](C)C1CCCCC1)CN2S(C)(=O)=O)C(C)(C)C. The molecule has 11 heteroatoms. The Morgan fingerprint density at radius 2 is 1.59 bits per heavy atom. The topological polar surface area (TPSA) is 128 Å². The quantitative estimate of drug-likeness (QED) is 0.422. The second kappa shape index (κ2) is 11.6. The highest BCUT2D eigenvalue weighted by Gasteiger charge is 2.56. The van der Waals surface area contributed by atoms with Crippen molar-refractivity contribution in [3.05, 3.63) is 0 Å². The van der Waals surface area contributed by atoms with E-state index in [1.54, 1.807) is 18.9 Å². The van der Waals surface area contributed by atoms with Gasteiger partial charge in [0.25, 0.3) is 0 Å². The largest absolute Gasteiger partial charge is 0.353 e. The fourth-order valence-corrected chi connectivity index (χ4v) is 7.36. The predicted octanol–water partition coefficient (Wildman–Crippen LogP) is 1.07. The number of hydrogen-bond donors (Lipinski definition) is 3. The highest BCUT2D eigenvalue weighted by atomic mass is 32.2. The first-order valence-corrected chi connectivity index (χ1v) is 15.6. The van der Waals surface area contributed by atoms with Gasteiger partial charge in [0.05, 0.1) is 24.3 Å². The number of likely N-dealkylation sites (N-methyl/N-ethyl adjacent to an activating group) is 1. The maximum Gasteiger partial charge on any atom is 0.246 e. The van der Waals surface area contributed by atoms with Crippen LogP contribution < -0.4 is 16.0 Å². The van der Waals surface area contributed by atoms with Crippen LogP contribution in [-0.4, -0.2) is 91.9 Å². The summed E-state index contributed by atoms with van der Waals surface area (Å²) in [5.41, 5.74) is -0.583. The van der Waals surface area contributed by atoms with E-state index in [1.165, 1.54) is 10.7 Å². The monoisotopic (exact) mass is 541 g/mol. The number of rotatable bonds is 8. The van der Waals surface area contributed by atoms with Crippen molar-refractivity contribution in [1.82, 2.24) is 25.2 Å². The summed E-state index contributed by atoms with van der Waals surface area (Å²) in [6.45, 7) is 9.82. The summed E-state index contributed by atoms with van der Waals surface area (Å²) >= 11 is 0. The zero-order valence-corrected chi connectivity index (χ0v) is 24.4. The Morgan fingerprint density at radius 3 is 2.14 bits per heavy atom. The lowest BCUT2D eigenvalue weighted by atomic mass is 9.84. The van der Waals surface area contributed by atoms with Crippen LogP contribution >= 0.6 is 0 Å². The molecule has 10 nitrogen and oxygen atoms in total. The molecule has 3 N–H and O–H groups in total. The van der Waals surface area contributed by atoms with Gasteiger partial charge in [-0.25, -0.2) is 8.42 Å². The molecule has 3 rings (SSSR count). The van der Waals surface area contributed by atoms with Crippen LogP contribution in [0.5, 0.6) is 0 Å². The van der Waals surface area contributed by atoms with Crippen molar-refractivity contribution in [2.45, 2.75) is 103 Å². The Morgan fingerprint density at radius 1 is 0.973 bits per heavy atom. The van der Waals surface area contributed by atoms with Crippen molar-refractivity contribution < 1.29 is 22.8 Å². The molecule has 2 heterocycles. The summed E-state index contributed by atoms with van der Waals surface area (Å²) in [4.78, 5) is 41.9. The van der Waals surface area contributed by atoms with Gasteiger partial charge in [-0.1, -0.05) is 40.0 Å². The van der Waals surface area contributed by atoms with Gasteiger partial charge in [0.2, 0.25) is 27.7 Å². The Hall–Kier alpha value is -1.72. The predicted molar refractivity (Wildman–Crippen MR) is 143 cm³/mol. The minimum atomic E-state index is -3.57. The molecule has 0 aromatic rings. The second-order valence-electron chi connectivity index (χ2n) is 12.3. The van der Waals surface area contributed by atoms with E-state index in [2.05, 4.69) is 16.0 Å². The van der Waals surface area contributed by atoms with Crippen molar-refractivity contribution in [1.29, 1.82) is 0 Å². The maximum atomic E-state index is 14.0. The summed E-state index contributed by atoms with van der Waals surface area (Å²) in [6.07, 6.45) is 7.33. The van der Waals surface area contributed by atoms with Crippen molar-refractivity contribution >= 4 is 27.7 Å². The molecule has 3 amide bonds. The molecule has 212 valence electrons. The van der Waals surface area contributed by atoms with E-state index in [-0.39, 0.29) is 30.3 Å². The molecule has 37 heavy (non-hydrogen) atoms. The highest BCUT2D eigenvalue weighted by Crippen LogP contribution is 2.39. The van der Waals surface area contributed by atoms with Crippen LogP contribution in [0.25, 0.3) is 0 Å². The van der Waals surface area contributed by atoms with Crippen molar-refractivity contribution in [3.63, 3.8) is 0 Å². The fraction of sp³-hybridized carbons (Fsp3) is 0.885. The Balaban J connectivity index is 1.86. The van der Waals surface area contributed by atoms with Gasteiger partial charge >= 0.3 is 0 Å². The van der Waals surface area contributed by atoms with E-state index in [0.717, 1.165) is 31.9 Å². The Bertz CT molecular complexity index is 959. The second-order valence-corrected chi connectivity index (χ2v) is 14.3.